The Bertz CT molecular complexity index is 162. The standard InChI is InChI=1S/C5H8O4.C5H12O2/c6-4(7)2-1-3-5(8)9;6-4-2-1-3-5-7/h1-3H2,(H,6,7)(H,8,9);6-7H,1-5H2. The highest BCUT2D eigenvalue weighted by Gasteiger charge is 1.99. The van der Waals surface area contributed by atoms with Crippen molar-refractivity contribution >= 4 is 11.9 Å². The molecular formula is C10H20O6. The molecule has 0 heterocycles. The maximum Gasteiger partial charge on any atom is 0.303 e. The highest BCUT2D eigenvalue weighted by atomic mass is 16.4. The minimum atomic E-state index is -0.948. The molecule has 0 aromatic heterocycles. The van der Waals surface area contributed by atoms with E-state index in [2.05, 4.69) is 0 Å². The zero-order valence-corrected chi connectivity index (χ0v) is 9.26. The van der Waals surface area contributed by atoms with Crippen LogP contribution >= 0.6 is 0 Å². The highest BCUT2D eigenvalue weighted by Crippen LogP contribution is 1.93. The summed E-state index contributed by atoms with van der Waals surface area (Å²) in [6, 6.07) is 0. The van der Waals surface area contributed by atoms with Crippen LogP contribution in [-0.4, -0.2) is 45.6 Å². The third-order valence-electron chi connectivity index (χ3n) is 1.60. The van der Waals surface area contributed by atoms with Crippen LogP contribution in [0.15, 0.2) is 0 Å². The molecule has 0 aliphatic carbocycles. The summed E-state index contributed by atoms with van der Waals surface area (Å²) in [5.74, 6) is -1.90. The van der Waals surface area contributed by atoms with Crippen LogP contribution in [0.25, 0.3) is 0 Å². The molecule has 0 saturated carbocycles. The van der Waals surface area contributed by atoms with Crippen molar-refractivity contribution in [3.05, 3.63) is 0 Å². The summed E-state index contributed by atoms with van der Waals surface area (Å²) in [6.45, 7) is 0.500. The SMILES string of the molecule is O=C(O)CCCC(=O)O.OCCCCCO. The summed E-state index contributed by atoms with van der Waals surface area (Å²) < 4.78 is 0. The van der Waals surface area contributed by atoms with E-state index in [4.69, 9.17) is 20.4 Å². The van der Waals surface area contributed by atoms with Gasteiger partial charge < -0.3 is 20.4 Å². The predicted molar refractivity (Wildman–Crippen MR) is 57.1 cm³/mol. The Morgan fingerprint density at radius 2 is 1.06 bits per heavy atom. The number of carboxylic acid groups (broad SMARTS) is 2. The molecule has 16 heavy (non-hydrogen) atoms. The lowest BCUT2D eigenvalue weighted by molar-refractivity contribution is -0.138. The molecule has 96 valence electrons. The summed E-state index contributed by atoms with van der Waals surface area (Å²) in [4.78, 5) is 19.6. The maximum absolute atomic E-state index is 9.79. The third-order valence-corrected chi connectivity index (χ3v) is 1.60. The van der Waals surface area contributed by atoms with Crippen LogP contribution in [0.4, 0.5) is 0 Å². The normalized spacial score (nSPS) is 9.12. The predicted octanol–water partition coefficient (Wildman–Crippen LogP) is 0.467. The van der Waals surface area contributed by atoms with E-state index in [0.717, 1.165) is 19.3 Å². The van der Waals surface area contributed by atoms with Crippen molar-refractivity contribution in [1.29, 1.82) is 0 Å². The van der Waals surface area contributed by atoms with E-state index in [9.17, 15) is 9.59 Å². The molecule has 0 aromatic carbocycles. The van der Waals surface area contributed by atoms with Crippen LogP contribution in [0.1, 0.15) is 38.5 Å². The van der Waals surface area contributed by atoms with Gasteiger partial charge in [-0.25, -0.2) is 0 Å². The molecule has 0 aromatic rings. The lowest BCUT2D eigenvalue weighted by Crippen LogP contribution is -1.98. The number of carboxylic acids is 2. The van der Waals surface area contributed by atoms with Crippen molar-refractivity contribution in [1.82, 2.24) is 0 Å². The van der Waals surface area contributed by atoms with Gasteiger partial charge in [-0.3, -0.25) is 9.59 Å². The summed E-state index contributed by atoms with van der Waals surface area (Å²) in [5, 5.41) is 32.5. The third kappa shape index (κ3) is 23.0. The van der Waals surface area contributed by atoms with Crippen molar-refractivity contribution in [3.63, 3.8) is 0 Å². The Labute approximate surface area is 94.5 Å². The van der Waals surface area contributed by atoms with Gasteiger partial charge in [-0.1, -0.05) is 0 Å². The number of hydrogen-bond donors (Lipinski definition) is 4. The van der Waals surface area contributed by atoms with E-state index in [1.807, 2.05) is 0 Å². The summed E-state index contributed by atoms with van der Waals surface area (Å²) in [6.07, 6.45) is 2.66. The molecule has 6 nitrogen and oxygen atoms in total. The Kier molecular flexibility index (Phi) is 15.0. The molecular weight excluding hydrogens is 216 g/mol. The number of aliphatic hydroxyl groups excluding tert-OH is 2. The van der Waals surface area contributed by atoms with Gasteiger partial charge in [0.05, 0.1) is 0 Å². The van der Waals surface area contributed by atoms with Crippen molar-refractivity contribution in [3.8, 4) is 0 Å². The average Bonchev–Trinajstić information content (AvgIpc) is 2.18. The van der Waals surface area contributed by atoms with Crippen molar-refractivity contribution < 1.29 is 30.0 Å². The Morgan fingerprint density at radius 3 is 1.31 bits per heavy atom. The minimum Gasteiger partial charge on any atom is -0.481 e. The molecule has 0 unspecified atom stereocenters. The van der Waals surface area contributed by atoms with Gasteiger partial charge in [0, 0.05) is 26.1 Å². The van der Waals surface area contributed by atoms with Crippen LogP contribution < -0.4 is 0 Å². The van der Waals surface area contributed by atoms with Gasteiger partial charge in [0.1, 0.15) is 0 Å². The Balaban J connectivity index is 0. The maximum atomic E-state index is 9.79. The van der Waals surface area contributed by atoms with Gasteiger partial charge in [-0.05, 0) is 25.7 Å². The van der Waals surface area contributed by atoms with Crippen LogP contribution in [0, 0.1) is 0 Å². The zero-order valence-electron chi connectivity index (χ0n) is 9.26. The molecule has 6 heteroatoms. The van der Waals surface area contributed by atoms with E-state index < -0.39 is 11.9 Å². The fraction of sp³-hybridized carbons (Fsp3) is 0.800. The van der Waals surface area contributed by atoms with E-state index in [0.29, 0.717) is 0 Å². The van der Waals surface area contributed by atoms with Crippen LogP contribution in [0.5, 0.6) is 0 Å². The van der Waals surface area contributed by atoms with Gasteiger partial charge in [0.25, 0.3) is 0 Å². The highest BCUT2D eigenvalue weighted by molar-refractivity contribution is 5.69. The first-order valence-corrected chi connectivity index (χ1v) is 5.20. The van der Waals surface area contributed by atoms with E-state index in [-0.39, 0.29) is 32.5 Å². The second-order valence-corrected chi connectivity index (χ2v) is 3.15. The summed E-state index contributed by atoms with van der Waals surface area (Å²) in [5.41, 5.74) is 0. The molecule has 0 saturated heterocycles. The number of hydrogen-bond acceptors (Lipinski definition) is 4. The van der Waals surface area contributed by atoms with Crippen LogP contribution in [-0.2, 0) is 9.59 Å². The number of carbonyl (C=O) groups is 2. The second kappa shape index (κ2) is 13.9. The first-order valence-electron chi connectivity index (χ1n) is 5.20. The summed E-state index contributed by atoms with van der Waals surface area (Å²) in [7, 11) is 0. The van der Waals surface area contributed by atoms with Gasteiger partial charge in [-0.2, -0.15) is 0 Å². The van der Waals surface area contributed by atoms with Crippen molar-refractivity contribution in [2.45, 2.75) is 38.5 Å². The Morgan fingerprint density at radius 1 is 0.688 bits per heavy atom. The van der Waals surface area contributed by atoms with Gasteiger partial charge >= 0.3 is 11.9 Å². The lowest BCUT2D eigenvalue weighted by atomic mass is 10.2. The number of aliphatic carboxylic acids is 2. The van der Waals surface area contributed by atoms with Crippen molar-refractivity contribution in [2.75, 3.05) is 13.2 Å². The second-order valence-electron chi connectivity index (χ2n) is 3.15. The molecule has 0 aliphatic rings. The van der Waals surface area contributed by atoms with Crippen molar-refractivity contribution in [2.24, 2.45) is 0 Å². The molecule has 0 rings (SSSR count). The first kappa shape index (κ1) is 17.3. The average molecular weight is 236 g/mol. The lowest BCUT2D eigenvalue weighted by Gasteiger charge is -1.90. The smallest absolute Gasteiger partial charge is 0.303 e. The molecule has 0 amide bonds. The topological polar surface area (TPSA) is 115 Å². The summed E-state index contributed by atoms with van der Waals surface area (Å²) >= 11 is 0. The number of aliphatic hydroxyl groups is 2. The molecule has 4 N–H and O–H groups in total. The fourth-order valence-corrected chi connectivity index (χ4v) is 0.791. The monoisotopic (exact) mass is 236 g/mol. The largest absolute Gasteiger partial charge is 0.481 e. The minimum absolute atomic E-state index is 0.0632. The molecule has 0 spiro atoms. The fourth-order valence-electron chi connectivity index (χ4n) is 0.791. The first-order chi connectivity index (χ1) is 7.54. The molecule has 0 bridgehead atoms. The van der Waals surface area contributed by atoms with Crippen LogP contribution in [0.3, 0.4) is 0 Å². The number of rotatable bonds is 8. The van der Waals surface area contributed by atoms with Gasteiger partial charge in [0.15, 0.2) is 0 Å². The van der Waals surface area contributed by atoms with Crippen LogP contribution in [0.2, 0.25) is 0 Å². The Hall–Kier alpha value is -1.14. The van der Waals surface area contributed by atoms with Gasteiger partial charge in [-0.15, -0.1) is 0 Å². The molecule has 0 atom stereocenters. The molecule has 0 fully saturated rings. The van der Waals surface area contributed by atoms with E-state index >= 15 is 0 Å². The zero-order chi connectivity index (χ0) is 12.8. The molecule has 0 aliphatic heterocycles. The van der Waals surface area contributed by atoms with Gasteiger partial charge in [0.2, 0.25) is 0 Å². The number of unbranched alkanes of at least 4 members (excludes halogenated alkanes) is 2. The van der Waals surface area contributed by atoms with E-state index in [1.165, 1.54) is 0 Å². The molecule has 0 radical (unpaired) electrons. The van der Waals surface area contributed by atoms with E-state index in [1.54, 1.807) is 0 Å². The quantitative estimate of drug-likeness (QED) is 0.455.